The first-order valence-corrected chi connectivity index (χ1v) is 8.44. The predicted octanol–water partition coefficient (Wildman–Crippen LogP) is 6.54. The fraction of sp³-hybridized carbons (Fsp3) is 0. The highest BCUT2D eigenvalue weighted by Crippen LogP contribution is 2.21. The smallest absolute Gasteiger partial charge is 0.127 e. The lowest BCUT2D eigenvalue weighted by Gasteiger charge is -2.03. The molecule has 0 amide bonds. The molecule has 1 N–H and O–H groups in total. The summed E-state index contributed by atoms with van der Waals surface area (Å²) < 4.78 is 5.58. The second-order valence-electron chi connectivity index (χ2n) is 5.64. The second-order valence-corrected chi connectivity index (χ2v) is 5.64. The third-order valence-electron chi connectivity index (χ3n) is 3.70. The molecule has 0 saturated heterocycles. The van der Waals surface area contributed by atoms with E-state index in [4.69, 9.17) is 9.84 Å². The van der Waals surface area contributed by atoms with Crippen LogP contribution in [0.15, 0.2) is 115 Å². The van der Waals surface area contributed by atoms with Crippen LogP contribution in [-0.4, -0.2) is 5.11 Å². The Bertz CT molecular complexity index is 849. The van der Waals surface area contributed by atoms with Crippen LogP contribution in [0.25, 0.3) is 11.1 Å². The van der Waals surface area contributed by atoms with Crippen LogP contribution < -0.4 is 4.74 Å². The molecule has 2 heteroatoms. The molecule has 0 unspecified atom stereocenters. The number of hydrogen-bond donors (Lipinski definition) is 1. The average molecular weight is 340 g/mol. The zero-order valence-electron chi connectivity index (χ0n) is 14.3. The molecule has 0 fully saturated rings. The minimum atomic E-state index is 0.305. The Hall–Kier alpha value is -3.52. The van der Waals surface area contributed by atoms with Crippen LogP contribution >= 0.6 is 0 Å². The van der Waals surface area contributed by atoms with Crippen molar-refractivity contribution in [2.24, 2.45) is 0 Å². The molecule has 0 atom stereocenters. The second kappa shape index (κ2) is 9.09. The number of benzene rings is 4. The number of rotatable bonds is 3. The predicted molar refractivity (Wildman–Crippen MR) is 107 cm³/mol. The summed E-state index contributed by atoms with van der Waals surface area (Å²) in [5, 5.41) is 9.10. The molecule has 0 aliphatic heterocycles. The van der Waals surface area contributed by atoms with Crippen molar-refractivity contribution in [3.05, 3.63) is 115 Å². The Morgan fingerprint density at radius 1 is 0.423 bits per heavy atom. The maximum absolute atomic E-state index is 9.10. The van der Waals surface area contributed by atoms with Crippen LogP contribution in [0, 0.1) is 0 Å². The van der Waals surface area contributed by atoms with Crippen molar-refractivity contribution in [2.75, 3.05) is 0 Å². The normalized spacial score (nSPS) is 9.69. The highest BCUT2D eigenvalue weighted by Gasteiger charge is 1.95. The topological polar surface area (TPSA) is 29.5 Å². The Morgan fingerprint density at radius 3 is 1.27 bits per heavy atom. The molecule has 0 bridgehead atoms. The molecule has 26 heavy (non-hydrogen) atoms. The largest absolute Gasteiger partial charge is 0.508 e. The molecule has 4 rings (SSSR count). The molecule has 0 aliphatic carbocycles. The van der Waals surface area contributed by atoms with Crippen LogP contribution in [0.2, 0.25) is 0 Å². The molecule has 0 radical (unpaired) electrons. The molecule has 0 aliphatic rings. The molecule has 4 aromatic rings. The molecule has 128 valence electrons. The van der Waals surface area contributed by atoms with Crippen LogP contribution in [0.3, 0.4) is 0 Å². The summed E-state index contributed by atoms with van der Waals surface area (Å²) in [6.45, 7) is 0. The lowest BCUT2D eigenvalue weighted by Crippen LogP contribution is -1.81. The molecule has 0 saturated carbocycles. The van der Waals surface area contributed by atoms with Crippen LogP contribution in [0.1, 0.15) is 0 Å². The van der Waals surface area contributed by atoms with Gasteiger partial charge >= 0.3 is 0 Å². The van der Waals surface area contributed by atoms with Crippen molar-refractivity contribution in [1.82, 2.24) is 0 Å². The van der Waals surface area contributed by atoms with Gasteiger partial charge in [-0.1, -0.05) is 78.9 Å². The highest BCUT2D eigenvalue weighted by atomic mass is 16.5. The standard InChI is InChI=1S/2C12H10O/c1-3-7-11(8-4-1)13-12-9-5-2-6-10-12;13-12-8-6-11(7-9-12)10-4-2-1-3-5-10/h1-10H;1-9,13H. The van der Waals surface area contributed by atoms with Crippen LogP contribution in [-0.2, 0) is 0 Å². The quantitative estimate of drug-likeness (QED) is 0.459. The van der Waals surface area contributed by atoms with Gasteiger partial charge in [-0.2, -0.15) is 0 Å². The summed E-state index contributed by atoms with van der Waals surface area (Å²) in [6.07, 6.45) is 0. The maximum atomic E-state index is 9.10. The first-order valence-electron chi connectivity index (χ1n) is 8.44. The lowest BCUT2D eigenvalue weighted by molar-refractivity contribution is 0.475. The Morgan fingerprint density at radius 2 is 0.808 bits per heavy atom. The number of para-hydroxylation sites is 2. The Kier molecular flexibility index (Phi) is 6.05. The van der Waals surface area contributed by atoms with E-state index >= 15 is 0 Å². The minimum absolute atomic E-state index is 0.305. The van der Waals surface area contributed by atoms with Gasteiger partial charge in [0.05, 0.1) is 0 Å². The molecule has 0 spiro atoms. The van der Waals surface area contributed by atoms with E-state index in [9.17, 15) is 0 Å². The summed E-state index contributed by atoms with van der Waals surface area (Å²) >= 11 is 0. The van der Waals surface area contributed by atoms with E-state index in [1.165, 1.54) is 5.56 Å². The number of phenolic OH excluding ortho intramolecular Hbond substituents is 1. The van der Waals surface area contributed by atoms with Crippen LogP contribution in [0.5, 0.6) is 17.2 Å². The van der Waals surface area contributed by atoms with Crippen molar-refractivity contribution in [3.63, 3.8) is 0 Å². The van der Waals surface area contributed by atoms with Crippen molar-refractivity contribution >= 4 is 0 Å². The monoisotopic (exact) mass is 340 g/mol. The SMILES string of the molecule is Oc1ccc(-c2ccccc2)cc1.c1ccc(Oc2ccccc2)cc1. The zero-order chi connectivity index (χ0) is 18.0. The minimum Gasteiger partial charge on any atom is -0.508 e. The molecular weight excluding hydrogens is 320 g/mol. The highest BCUT2D eigenvalue weighted by molar-refractivity contribution is 5.63. The molecule has 2 nitrogen and oxygen atoms in total. The summed E-state index contributed by atoms with van der Waals surface area (Å²) in [5.74, 6) is 2.04. The summed E-state index contributed by atoms with van der Waals surface area (Å²) in [7, 11) is 0. The van der Waals surface area contributed by atoms with Crippen molar-refractivity contribution in [2.45, 2.75) is 0 Å². The molecule has 0 aromatic heterocycles. The number of aromatic hydroxyl groups is 1. The number of ether oxygens (including phenoxy) is 1. The van der Waals surface area contributed by atoms with Gasteiger partial charge in [0.1, 0.15) is 17.2 Å². The van der Waals surface area contributed by atoms with Gasteiger partial charge in [-0.25, -0.2) is 0 Å². The molecular formula is C24H20O2. The maximum Gasteiger partial charge on any atom is 0.127 e. The van der Waals surface area contributed by atoms with Gasteiger partial charge in [-0.15, -0.1) is 0 Å². The first-order chi connectivity index (χ1) is 12.8. The Labute approximate surface area is 154 Å². The van der Waals surface area contributed by atoms with E-state index < -0.39 is 0 Å². The zero-order valence-corrected chi connectivity index (χ0v) is 14.3. The molecule has 0 heterocycles. The summed E-state index contributed by atoms with van der Waals surface area (Å²) in [5.41, 5.74) is 2.29. The lowest BCUT2D eigenvalue weighted by atomic mass is 10.1. The summed E-state index contributed by atoms with van der Waals surface area (Å²) in [4.78, 5) is 0. The van der Waals surface area contributed by atoms with E-state index in [0.29, 0.717) is 5.75 Å². The van der Waals surface area contributed by atoms with E-state index in [1.807, 2.05) is 103 Å². The fourth-order valence-corrected chi connectivity index (χ4v) is 2.40. The first kappa shape index (κ1) is 17.3. The van der Waals surface area contributed by atoms with Gasteiger partial charge in [0, 0.05) is 0 Å². The van der Waals surface area contributed by atoms with E-state index in [2.05, 4.69) is 0 Å². The van der Waals surface area contributed by atoms with E-state index in [0.717, 1.165) is 17.1 Å². The van der Waals surface area contributed by atoms with Crippen molar-refractivity contribution < 1.29 is 9.84 Å². The van der Waals surface area contributed by atoms with Gasteiger partial charge in [-0.05, 0) is 47.5 Å². The number of hydrogen-bond acceptors (Lipinski definition) is 2. The summed E-state index contributed by atoms with van der Waals surface area (Å²) in [6, 6.07) is 36.8. The van der Waals surface area contributed by atoms with Crippen molar-refractivity contribution in [3.8, 4) is 28.4 Å². The molecule has 4 aromatic carbocycles. The van der Waals surface area contributed by atoms with Crippen LogP contribution in [0.4, 0.5) is 0 Å². The van der Waals surface area contributed by atoms with E-state index in [-0.39, 0.29) is 0 Å². The van der Waals surface area contributed by atoms with E-state index in [1.54, 1.807) is 12.1 Å². The Balaban J connectivity index is 0.000000151. The average Bonchev–Trinajstić information content (AvgIpc) is 2.71. The van der Waals surface area contributed by atoms with Gasteiger partial charge in [0.15, 0.2) is 0 Å². The third-order valence-corrected chi connectivity index (χ3v) is 3.70. The van der Waals surface area contributed by atoms with Crippen molar-refractivity contribution in [1.29, 1.82) is 0 Å². The van der Waals surface area contributed by atoms with Gasteiger partial charge in [0.25, 0.3) is 0 Å². The van der Waals surface area contributed by atoms with Gasteiger partial charge in [0.2, 0.25) is 0 Å². The van der Waals surface area contributed by atoms with Gasteiger partial charge in [-0.3, -0.25) is 0 Å². The third kappa shape index (κ3) is 5.25. The van der Waals surface area contributed by atoms with Gasteiger partial charge < -0.3 is 9.84 Å². The fourth-order valence-electron chi connectivity index (χ4n) is 2.40. The number of phenols is 1.